The van der Waals surface area contributed by atoms with Crippen molar-refractivity contribution in [2.24, 2.45) is 5.41 Å². The first-order chi connectivity index (χ1) is 9.28. The smallest absolute Gasteiger partial charge is 0.342 e. The molecule has 0 aromatic heterocycles. The second kappa shape index (κ2) is 5.52. The maximum absolute atomic E-state index is 13.3. The molecule has 2 aliphatic heterocycles. The van der Waals surface area contributed by atoms with Crippen molar-refractivity contribution in [1.29, 1.82) is 0 Å². The van der Waals surface area contributed by atoms with Crippen LogP contribution in [0.1, 0.15) is 19.3 Å². The third-order valence-corrected chi connectivity index (χ3v) is 4.59. The van der Waals surface area contributed by atoms with Crippen LogP contribution in [0, 0.1) is 5.41 Å². The summed E-state index contributed by atoms with van der Waals surface area (Å²) >= 11 is 0. The van der Waals surface area contributed by atoms with E-state index in [0.29, 0.717) is 19.1 Å². The molecule has 0 radical (unpaired) electrons. The Bertz CT molecular complexity index is 356. The zero-order valence-corrected chi connectivity index (χ0v) is 12.0. The number of nitrogens with zero attached hydrogens (tertiary/aromatic N) is 2. The van der Waals surface area contributed by atoms with Gasteiger partial charge in [0, 0.05) is 25.7 Å². The van der Waals surface area contributed by atoms with E-state index >= 15 is 0 Å². The molecule has 2 rings (SSSR count). The topological polar surface area (TPSA) is 35.6 Å². The van der Waals surface area contributed by atoms with Crippen LogP contribution in [0.5, 0.6) is 0 Å². The molecule has 1 atom stereocenters. The number of hydrogen-bond acceptors (Lipinski definition) is 3. The first kappa shape index (κ1) is 15.6. The second-order valence-electron chi connectivity index (χ2n) is 5.99. The van der Waals surface area contributed by atoms with Gasteiger partial charge in [0.25, 0.3) is 0 Å². The van der Waals surface area contributed by atoms with Crippen LogP contribution in [-0.4, -0.2) is 68.2 Å². The molecule has 0 aromatic carbocycles. The monoisotopic (exact) mass is 293 g/mol. The highest BCUT2D eigenvalue weighted by atomic mass is 19.4. The Labute approximate surface area is 117 Å². The summed E-state index contributed by atoms with van der Waals surface area (Å²) in [4.78, 5) is 15.9. The maximum Gasteiger partial charge on any atom is 0.404 e. The average molecular weight is 293 g/mol. The molecule has 0 aliphatic carbocycles. The van der Waals surface area contributed by atoms with Crippen molar-refractivity contribution in [3.63, 3.8) is 0 Å². The lowest BCUT2D eigenvalue weighted by Crippen LogP contribution is -2.56. The summed E-state index contributed by atoms with van der Waals surface area (Å²) in [6.45, 7) is 0.793. The Morgan fingerprint density at radius 2 is 1.90 bits per heavy atom. The van der Waals surface area contributed by atoms with E-state index < -0.39 is 17.5 Å². The number of carbonyl (C=O) groups excluding carboxylic acids is 1. The summed E-state index contributed by atoms with van der Waals surface area (Å²) in [5.74, 6) is -0.743. The molecule has 2 heterocycles. The van der Waals surface area contributed by atoms with Crippen molar-refractivity contribution in [2.75, 3.05) is 40.3 Å². The Kier molecular flexibility index (Phi) is 4.30. The number of amides is 1. The van der Waals surface area contributed by atoms with Crippen LogP contribution in [0.3, 0.4) is 0 Å². The van der Waals surface area contributed by atoms with Crippen molar-refractivity contribution >= 4 is 5.91 Å². The number of carbonyl (C=O) groups is 1. The van der Waals surface area contributed by atoms with E-state index in [4.69, 9.17) is 0 Å². The van der Waals surface area contributed by atoms with Gasteiger partial charge in [-0.1, -0.05) is 0 Å². The fourth-order valence-electron chi connectivity index (χ4n) is 3.13. The van der Waals surface area contributed by atoms with Gasteiger partial charge >= 0.3 is 6.18 Å². The van der Waals surface area contributed by atoms with Crippen molar-refractivity contribution in [1.82, 2.24) is 15.1 Å². The van der Waals surface area contributed by atoms with Crippen LogP contribution < -0.4 is 5.32 Å². The van der Waals surface area contributed by atoms with Gasteiger partial charge in [-0.3, -0.25) is 4.79 Å². The van der Waals surface area contributed by atoms with Crippen LogP contribution in [0.4, 0.5) is 13.2 Å². The number of hydrogen-bond donors (Lipinski definition) is 1. The number of likely N-dealkylation sites (tertiary alicyclic amines) is 1. The summed E-state index contributed by atoms with van der Waals surface area (Å²) in [5.41, 5.74) is -2.21. The van der Waals surface area contributed by atoms with Gasteiger partial charge < -0.3 is 15.1 Å². The Morgan fingerprint density at radius 1 is 1.30 bits per heavy atom. The summed E-state index contributed by atoms with van der Waals surface area (Å²) in [6.07, 6.45) is -3.16. The maximum atomic E-state index is 13.3. The Hall–Kier alpha value is -0.820. The van der Waals surface area contributed by atoms with Gasteiger partial charge in [-0.15, -0.1) is 0 Å². The first-order valence-electron chi connectivity index (χ1n) is 7.01. The molecule has 2 fully saturated rings. The van der Waals surface area contributed by atoms with Gasteiger partial charge in [-0.25, -0.2) is 0 Å². The molecule has 0 saturated carbocycles. The number of halogens is 3. The highest BCUT2D eigenvalue weighted by Gasteiger charge is 2.62. The van der Waals surface area contributed by atoms with E-state index in [0.717, 1.165) is 12.8 Å². The average Bonchev–Trinajstić information content (AvgIpc) is 2.88. The molecule has 0 bridgehead atoms. The molecule has 0 spiro atoms. The van der Waals surface area contributed by atoms with Gasteiger partial charge in [0.2, 0.25) is 5.91 Å². The lowest BCUT2D eigenvalue weighted by atomic mass is 9.83. The van der Waals surface area contributed by atoms with Crippen molar-refractivity contribution in [3.8, 4) is 0 Å². The third kappa shape index (κ3) is 2.65. The highest BCUT2D eigenvalue weighted by molar-refractivity contribution is 5.84. The molecular formula is C13H22F3N3O. The molecule has 116 valence electrons. The summed E-state index contributed by atoms with van der Waals surface area (Å²) < 4.78 is 40.0. The minimum Gasteiger partial charge on any atom is -0.342 e. The van der Waals surface area contributed by atoms with Gasteiger partial charge in [-0.2, -0.15) is 13.2 Å². The van der Waals surface area contributed by atoms with Crippen molar-refractivity contribution in [3.05, 3.63) is 0 Å². The van der Waals surface area contributed by atoms with Crippen LogP contribution in [0.25, 0.3) is 0 Å². The summed E-state index contributed by atoms with van der Waals surface area (Å²) in [5, 5.41) is 2.69. The highest BCUT2D eigenvalue weighted by Crippen LogP contribution is 2.44. The minimum atomic E-state index is -4.48. The largest absolute Gasteiger partial charge is 0.404 e. The van der Waals surface area contributed by atoms with E-state index in [9.17, 15) is 18.0 Å². The number of rotatable bonds is 2. The molecule has 4 nitrogen and oxygen atoms in total. The predicted octanol–water partition coefficient (Wildman–Crippen LogP) is 1.08. The van der Waals surface area contributed by atoms with Crippen LogP contribution in [0.2, 0.25) is 0 Å². The minimum absolute atomic E-state index is 0.150. The lowest BCUT2D eigenvalue weighted by Gasteiger charge is -2.40. The Balaban J connectivity index is 2.07. The zero-order valence-electron chi connectivity index (χ0n) is 12.0. The normalized spacial score (nSPS) is 29.2. The molecule has 1 unspecified atom stereocenters. The predicted molar refractivity (Wildman–Crippen MR) is 69.3 cm³/mol. The van der Waals surface area contributed by atoms with Gasteiger partial charge in [0.15, 0.2) is 5.41 Å². The van der Waals surface area contributed by atoms with E-state index in [1.54, 1.807) is 0 Å². The standard InChI is InChI=1S/C13H22F3N3O/c1-18(2)10-3-7-19(8-4-10)11(20)12(13(14,15)16)5-6-17-9-12/h10,17H,3-9H2,1-2H3. The van der Waals surface area contributed by atoms with Gasteiger partial charge in [0.05, 0.1) is 0 Å². The van der Waals surface area contributed by atoms with Crippen LogP contribution in [-0.2, 0) is 4.79 Å². The number of nitrogens with one attached hydrogen (secondary N) is 1. The third-order valence-electron chi connectivity index (χ3n) is 4.59. The number of alkyl halides is 3. The number of piperidine rings is 1. The summed E-state index contributed by atoms with van der Waals surface area (Å²) in [6, 6.07) is 0.350. The lowest BCUT2D eigenvalue weighted by molar-refractivity contribution is -0.222. The molecule has 20 heavy (non-hydrogen) atoms. The molecule has 1 N–H and O–H groups in total. The van der Waals surface area contributed by atoms with E-state index in [1.807, 2.05) is 14.1 Å². The fraction of sp³-hybridized carbons (Fsp3) is 0.923. The second-order valence-corrected chi connectivity index (χ2v) is 5.99. The van der Waals surface area contributed by atoms with Gasteiger partial charge in [0.1, 0.15) is 0 Å². The van der Waals surface area contributed by atoms with E-state index in [-0.39, 0.29) is 19.5 Å². The first-order valence-corrected chi connectivity index (χ1v) is 7.01. The molecular weight excluding hydrogens is 271 g/mol. The SMILES string of the molecule is CN(C)C1CCN(C(=O)C2(C(F)(F)F)CCNC2)CC1. The van der Waals surface area contributed by atoms with Crippen molar-refractivity contribution < 1.29 is 18.0 Å². The zero-order chi connectivity index (χ0) is 15.0. The quantitative estimate of drug-likeness (QED) is 0.827. The van der Waals surface area contributed by atoms with E-state index in [2.05, 4.69) is 10.2 Å². The molecule has 2 aliphatic rings. The van der Waals surface area contributed by atoms with Crippen molar-refractivity contribution in [2.45, 2.75) is 31.5 Å². The van der Waals surface area contributed by atoms with Gasteiger partial charge in [-0.05, 0) is 39.9 Å². The van der Waals surface area contributed by atoms with Crippen LogP contribution >= 0.6 is 0 Å². The van der Waals surface area contributed by atoms with Crippen LogP contribution in [0.15, 0.2) is 0 Å². The Morgan fingerprint density at radius 3 is 2.30 bits per heavy atom. The molecule has 2 saturated heterocycles. The summed E-state index contributed by atoms with van der Waals surface area (Å²) in [7, 11) is 3.92. The van der Waals surface area contributed by atoms with E-state index in [1.165, 1.54) is 4.90 Å². The fourth-order valence-corrected chi connectivity index (χ4v) is 3.13. The molecule has 1 amide bonds. The molecule has 0 aromatic rings. The molecule has 7 heteroatoms.